The van der Waals surface area contributed by atoms with Crippen LogP contribution in [0.2, 0.25) is 0 Å². The number of likely N-dealkylation sites (N-methyl/N-ethyl adjacent to an activating group) is 1. The highest BCUT2D eigenvalue weighted by atomic mass is 16.3. The first-order valence-corrected chi connectivity index (χ1v) is 9.05. The number of aromatic hydroxyl groups is 1. The Morgan fingerprint density at radius 2 is 2.04 bits per heavy atom. The van der Waals surface area contributed by atoms with Crippen LogP contribution in [0.3, 0.4) is 0 Å². The van der Waals surface area contributed by atoms with Crippen molar-refractivity contribution in [3.8, 4) is 5.75 Å². The monoisotopic (exact) mass is 331 g/mol. The number of amides is 2. The van der Waals surface area contributed by atoms with Crippen LogP contribution in [-0.4, -0.2) is 59.7 Å². The van der Waals surface area contributed by atoms with E-state index in [2.05, 4.69) is 17.1 Å². The van der Waals surface area contributed by atoms with Crippen molar-refractivity contribution in [2.24, 2.45) is 5.92 Å². The molecule has 1 aliphatic carbocycles. The van der Waals surface area contributed by atoms with Crippen LogP contribution in [0.15, 0.2) is 24.3 Å². The molecule has 1 saturated carbocycles. The number of nitrogens with zero attached hydrogens (tertiary/aromatic N) is 2. The number of phenolic OH excluding ortho intramolecular Hbond substituents is 1. The largest absolute Gasteiger partial charge is 0.508 e. The van der Waals surface area contributed by atoms with Gasteiger partial charge >= 0.3 is 6.03 Å². The van der Waals surface area contributed by atoms with Gasteiger partial charge in [0, 0.05) is 38.8 Å². The van der Waals surface area contributed by atoms with Crippen LogP contribution in [0.4, 0.5) is 4.79 Å². The minimum absolute atomic E-state index is 0.0135. The lowest BCUT2D eigenvalue weighted by molar-refractivity contribution is 0.189. The highest BCUT2D eigenvalue weighted by Gasteiger charge is 2.30. The molecule has 2 unspecified atom stereocenters. The van der Waals surface area contributed by atoms with Crippen LogP contribution < -0.4 is 5.32 Å². The van der Waals surface area contributed by atoms with Gasteiger partial charge in [-0.05, 0) is 56.2 Å². The third-order valence-corrected chi connectivity index (χ3v) is 5.26. The van der Waals surface area contributed by atoms with Crippen molar-refractivity contribution in [2.75, 3.05) is 26.7 Å². The van der Waals surface area contributed by atoms with Gasteiger partial charge in [-0.3, -0.25) is 0 Å². The smallest absolute Gasteiger partial charge is 0.317 e. The molecule has 2 aliphatic rings. The first-order chi connectivity index (χ1) is 11.5. The molecule has 2 atom stereocenters. The Morgan fingerprint density at radius 1 is 1.33 bits per heavy atom. The second kappa shape index (κ2) is 7.43. The van der Waals surface area contributed by atoms with Crippen molar-refractivity contribution < 1.29 is 9.90 Å². The Kier molecular flexibility index (Phi) is 5.29. The van der Waals surface area contributed by atoms with Gasteiger partial charge in [-0.15, -0.1) is 0 Å². The fourth-order valence-corrected chi connectivity index (χ4v) is 3.37. The van der Waals surface area contributed by atoms with Gasteiger partial charge in [0.05, 0.1) is 0 Å². The third-order valence-electron chi connectivity index (χ3n) is 5.26. The van der Waals surface area contributed by atoms with Crippen molar-refractivity contribution >= 4 is 6.03 Å². The van der Waals surface area contributed by atoms with Crippen LogP contribution >= 0.6 is 0 Å². The fourth-order valence-electron chi connectivity index (χ4n) is 3.37. The zero-order chi connectivity index (χ0) is 17.1. The fraction of sp³-hybridized carbons (Fsp3) is 0.632. The first kappa shape index (κ1) is 17.1. The average molecular weight is 331 g/mol. The number of urea groups is 1. The second-order valence-electron chi connectivity index (χ2n) is 7.47. The minimum Gasteiger partial charge on any atom is -0.508 e. The van der Waals surface area contributed by atoms with Gasteiger partial charge in [0.25, 0.3) is 0 Å². The molecular formula is C19H29N3O2. The molecule has 132 valence electrons. The Morgan fingerprint density at radius 3 is 2.71 bits per heavy atom. The Balaban J connectivity index is 1.44. The summed E-state index contributed by atoms with van der Waals surface area (Å²) in [5.74, 6) is 1.18. The summed E-state index contributed by atoms with van der Waals surface area (Å²) in [6, 6.07) is 7.59. The van der Waals surface area contributed by atoms with E-state index >= 15 is 0 Å². The Hall–Kier alpha value is -1.75. The molecule has 2 amide bonds. The molecule has 0 spiro atoms. The van der Waals surface area contributed by atoms with Crippen LogP contribution in [0, 0.1) is 5.92 Å². The molecule has 24 heavy (non-hydrogen) atoms. The lowest BCUT2D eigenvalue weighted by Crippen LogP contribution is -2.47. The van der Waals surface area contributed by atoms with E-state index in [-0.39, 0.29) is 23.9 Å². The minimum atomic E-state index is 0.0135. The van der Waals surface area contributed by atoms with Crippen LogP contribution in [0.1, 0.15) is 31.7 Å². The molecule has 1 saturated heterocycles. The number of benzene rings is 1. The summed E-state index contributed by atoms with van der Waals surface area (Å²) in [7, 11) is 1.86. The molecule has 5 heteroatoms. The van der Waals surface area contributed by atoms with E-state index in [4.69, 9.17) is 0 Å². The molecule has 1 heterocycles. The number of likely N-dealkylation sites (tertiary alicyclic amines) is 1. The number of nitrogens with one attached hydrogen (secondary N) is 1. The van der Waals surface area contributed by atoms with Gasteiger partial charge in [-0.1, -0.05) is 12.1 Å². The van der Waals surface area contributed by atoms with Crippen molar-refractivity contribution in [1.29, 1.82) is 0 Å². The lowest BCUT2D eigenvalue weighted by Gasteiger charge is -2.27. The normalized spacial score (nSPS) is 22.3. The maximum atomic E-state index is 12.5. The Labute approximate surface area is 144 Å². The van der Waals surface area contributed by atoms with E-state index in [0.717, 1.165) is 37.4 Å². The van der Waals surface area contributed by atoms with Crippen LogP contribution in [0.5, 0.6) is 5.75 Å². The number of hydrogen-bond acceptors (Lipinski definition) is 3. The summed E-state index contributed by atoms with van der Waals surface area (Å²) in [5.41, 5.74) is 1.12. The SMILES string of the molecule is CC(Cc1ccc(O)cc1)N(C)C(=O)NC1CCN(CC2CC2)C1. The van der Waals surface area contributed by atoms with E-state index in [1.165, 1.54) is 19.4 Å². The number of hydrogen-bond donors (Lipinski definition) is 2. The molecule has 0 aromatic heterocycles. The molecule has 0 radical (unpaired) electrons. The molecule has 1 aromatic carbocycles. The van der Waals surface area contributed by atoms with Gasteiger partial charge in [0.1, 0.15) is 5.75 Å². The first-order valence-electron chi connectivity index (χ1n) is 9.05. The van der Waals surface area contributed by atoms with Gasteiger partial charge in [0.15, 0.2) is 0 Å². The van der Waals surface area contributed by atoms with Gasteiger partial charge in [0.2, 0.25) is 0 Å². The van der Waals surface area contributed by atoms with Gasteiger partial charge in [-0.2, -0.15) is 0 Å². The summed E-state index contributed by atoms with van der Waals surface area (Å²) in [5, 5.41) is 12.5. The highest BCUT2D eigenvalue weighted by Crippen LogP contribution is 2.30. The van der Waals surface area contributed by atoms with Crippen molar-refractivity contribution in [2.45, 2.75) is 44.7 Å². The molecule has 2 fully saturated rings. The maximum Gasteiger partial charge on any atom is 0.317 e. The lowest BCUT2D eigenvalue weighted by atomic mass is 10.1. The zero-order valence-corrected chi connectivity index (χ0v) is 14.7. The Bertz CT molecular complexity index is 556. The topological polar surface area (TPSA) is 55.8 Å². The number of carbonyl (C=O) groups is 1. The second-order valence-corrected chi connectivity index (χ2v) is 7.47. The van der Waals surface area contributed by atoms with E-state index in [9.17, 15) is 9.90 Å². The van der Waals surface area contributed by atoms with Crippen LogP contribution in [-0.2, 0) is 6.42 Å². The average Bonchev–Trinajstić information content (AvgIpc) is 3.27. The third kappa shape index (κ3) is 4.63. The quantitative estimate of drug-likeness (QED) is 0.842. The highest BCUT2D eigenvalue weighted by molar-refractivity contribution is 5.74. The summed E-state index contributed by atoms with van der Waals surface area (Å²) >= 11 is 0. The molecule has 0 bridgehead atoms. The van der Waals surface area contributed by atoms with E-state index in [0.29, 0.717) is 0 Å². The molecule has 5 nitrogen and oxygen atoms in total. The van der Waals surface area contributed by atoms with E-state index in [1.54, 1.807) is 17.0 Å². The summed E-state index contributed by atoms with van der Waals surface area (Å²) in [4.78, 5) is 16.8. The standard InChI is InChI=1S/C19H29N3O2/c1-14(11-15-5-7-18(23)8-6-15)21(2)19(24)20-17-9-10-22(13-17)12-16-3-4-16/h5-8,14,16-17,23H,3-4,9-13H2,1-2H3,(H,20,24). The summed E-state index contributed by atoms with van der Waals surface area (Å²) < 4.78 is 0. The molecular weight excluding hydrogens is 302 g/mol. The van der Waals surface area contributed by atoms with Gasteiger partial charge < -0.3 is 20.2 Å². The molecule has 1 aliphatic heterocycles. The molecule has 2 N–H and O–H groups in total. The van der Waals surface area contributed by atoms with E-state index in [1.807, 2.05) is 19.2 Å². The predicted octanol–water partition coefficient (Wildman–Crippen LogP) is 2.45. The predicted molar refractivity (Wildman–Crippen MR) is 95.1 cm³/mol. The zero-order valence-electron chi connectivity index (χ0n) is 14.7. The maximum absolute atomic E-state index is 12.5. The summed E-state index contributed by atoms with van der Waals surface area (Å²) in [6.45, 7) is 5.36. The van der Waals surface area contributed by atoms with Crippen molar-refractivity contribution in [3.05, 3.63) is 29.8 Å². The summed E-state index contributed by atoms with van der Waals surface area (Å²) in [6.07, 6.45) is 4.59. The van der Waals surface area contributed by atoms with E-state index < -0.39 is 0 Å². The van der Waals surface area contributed by atoms with Crippen molar-refractivity contribution in [1.82, 2.24) is 15.1 Å². The number of rotatable bonds is 6. The van der Waals surface area contributed by atoms with Crippen LogP contribution in [0.25, 0.3) is 0 Å². The molecule has 1 aromatic rings. The number of carbonyl (C=O) groups excluding carboxylic acids is 1. The number of phenols is 1. The van der Waals surface area contributed by atoms with Crippen molar-refractivity contribution in [3.63, 3.8) is 0 Å². The molecule has 3 rings (SSSR count). The van der Waals surface area contributed by atoms with Gasteiger partial charge in [-0.25, -0.2) is 4.79 Å².